The van der Waals surface area contributed by atoms with Crippen molar-refractivity contribution < 1.29 is 31.1 Å². The molecule has 5 nitrogen and oxygen atoms in total. The van der Waals surface area contributed by atoms with Crippen LogP contribution in [0, 0.1) is 11.7 Å². The van der Waals surface area contributed by atoms with E-state index in [1.54, 1.807) is 9.80 Å². The van der Waals surface area contributed by atoms with Crippen LogP contribution in [-0.2, 0) is 30.5 Å². The minimum atomic E-state index is -4.61. The van der Waals surface area contributed by atoms with Crippen molar-refractivity contribution in [2.45, 2.75) is 56.9 Å². The highest BCUT2D eigenvalue weighted by Gasteiger charge is 2.50. The van der Waals surface area contributed by atoms with E-state index in [1.165, 1.54) is 28.9 Å². The number of carbonyl (C=O) groups is 1. The van der Waals surface area contributed by atoms with Crippen LogP contribution in [0.4, 0.5) is 26.3 Å². The molecule has 1 saturated carbocycles. The molecule has 2 aliphatic heterocycles. The van der Waals surface area contributed by atoms with Crippen molar-refractivity contribution in [2.24, 2.45) is 5.92 Å². The van der Waals surface area contributed by atoms with Gasteiger partial charge in [-0.05, 0) is 42.9 Å². The molecule has 1 saturated heterocycles. The Morgan fingerprint density at radius 2 is 1.79 bits per heavy atom. The molecular weight excluding hydrogens is 462 g/mol. The smallest absolute Gasteiger partial charge is 0.336 e. The minimum absolute atomic E-state index is 0.0208. The second kappa shape index (κ2) is 8.28. The summed E-state index contributed by atoms with van der Waals surface area (Å²) >= 11 is 0. The van der Waals surface area contributed by atoms with Crippen molar-refractivity contribution in [1.82, 2.24) is 19.6 Å². The lowest BCUT2D eigenvalue weighted by atomic mass is 9.76. The lowest BCUT2D eigenvalue weighted by Crippen LogP contribution is -2.62. The largest absolute Gasteiger partial charge is 0.435 e. The molecule has 5 rings (SSSR count). The highest BCUT2D eigenvalue weighted by molar-refractivity contribution is 5.77. The Balaban J connectivity index is 1.25. The molecule has 11 heteroatoms. The van der Waals surface area contributed by atoms with E-state index in [0.717, 1.165) is 0 Å². The zero-order valence-corrected chi connectivity index (χ0v) is 18.3. The first-order valence-corrected chi connectivity index (χ1v) is 11.3. The Morgan fingerprint density at radius 1 is 1.12 bits per heavy atom. The van der Waals surface area contributed by atoms with Gasteiger partial charge in [0.15, 0.2) is 5.69 Å². The van der Waals surface area contributed by atoms with Crippen molar-refractivity contribution in [3.63, 3.8) is 0 Å². The van der Waals surface area contributed by atoms with E-state index in [1.807, 2.05) is 0 Å². The predicted octanol–water partition coefficient (Wildman–Crippen LogP) is 4.09. The second-order valence-electron chi connectivity index (χ2n) is 9.58. The number of amides is 1. The molecule has 0 atom stereocenters. The monoisotopic (exact) mass is 486 g/mol. The minimum Gasteiger partial charge on any atom is -0.336 e. The molecular formula is C23H24F6N4O. The van der Waals surface area contributed by atoms with E-state index in [0.29, 0.717) is 24.1 Å². The maximum Gasteiger partial charge on any atom is 0.435 e. The Morgan fingerprint density at radius 3 is 2.41 bits per heavy atom. The van der Waals surface area contributed by atoms with Gasteiger partial charge in [0.05, 0.1) is 31.9 Å². The highest BCUT2D eigenvalue weighted by atomic mass is 19.4. The van der Waals surface area contributed by atoms with Crippen molar-refractivity contribution in [3.8, 4) is 0 Å². The van der Waals surface area contributed by atoms with E-state index in [4.69, 9.17) is 0 Å². The van der Waals surface area contributed by atoms with E-state index < -0.39 is 23.6 Å². The van der Waals surface area contributed by atoms with Crippen LogP contribution in [0.15, 0.2) is 24.3 Å². The molecule has 0 N–H and O–H groups in total. The fourth-order valence-corrected chi connectivity index (χ4v) is 5.16. The van der Waals surface area contributed by atoms with E-state index >= 15 is 0 Å². The molecule has 1 aromatic carbocycles. The van der Waals surface area contributed by atoms with Crippen molar-refractivity contribution in [2.75, 3.05) is 19.6 Å². The zero-order chi connectivity index (χ0) is 24.3. The van der Waals surface area contributed by atoms with Crippen LogP contribution in [0.3, 0.4) is 0 Å². The van der Waals surface area contributed by atoms with Gasteiger partial charge in [0.25, 0.3) is 5.92 Å². The molecule has 184 valence electrons. The van der Waals surface area contributed by atoms with Crippen LogP contribution < -0.4 is 0 Å². The molecule has 3 aliphatic rings. The summed E-state index contributed by atoms with van der Waals surface area (Å²) in [7, 11) is 0. The molecule has 2 aromatic rings. The average Bonchev–Trinajstić information content (AvgIpc) is 3.08. The molecule has 0 bridgehead atoms. The molecule has 1 aromatic heterocycles. The summed E-state index contributed by atoms with van der Waals surface area (Å²) in [4.78, 5) is 16.2. The summed E-state index contributed by atoms with van der Waals surface area (Å²) < 4.78 is 81.3. The quantitative estimate of drug-likeness (QED) is 0.598. The summed E-state index contributed by atoms with van der Waals surface area (Å²) in [6.45, 7) is -0.232. The number of fused-ring (bicyclic) bond motifs is 1. The lowest BCUT2D eigenvalue weighted by molar-refractivity contribution is -0.163. The van der Waals surface area contributed by atoms with Gasteiger partial charge in [-0.3, -0.25) is 14.4 Å². The summed E-state index contributed by atoms with van der Waals surface area (Å²) in [5.74, 6) is -3.10. The molecule has 3 heterocycles. The van der Waals surface area contributed by atoms with Gasteiger partial charge in [0.1, 0.15) is 5.82 Å². The normalized spacial score (nSPS) is 24.4. The van der Waals surface area contributed by atoms with Crippen LogP contribution in [0.25, 0.3) is 0 Å². The number of rotatable bonds is 5. The molecule has 1 aliphatic carbocycles. The standard InChI is InChI=1S/C23H24F6N4O/c24-16-3-1-14(2-4-16)10-33-19-11-31(6-5-18(19)21(30-33)23(27,28)29)20(34)9-15-7-17(8-15)32-12-22(25,26)13-32/h1-4,15,17H,5-13H2. The summed E-state index contributed by atoms with van der Waals surface area (Å²) in [6.07, 6.45) is -2.94. The van der Waals surface area contributed by atoms with Crippen LogP contribution in [-0.4, -0.2) is 57.1 Å². The number of hydrogen-bond acceptors (Lipinski definition) is 3. The molecule has 2 fully saturated rings. The fraction of sp³-hybridized carbons (Fsp3) is 0.565. The van der Waals surface area contributed by atoms with E-state index in [2.05, 4.69) is 5.10 Å². The van der Waals surface area contributed by atoms with Gasteiger partial charge in [-0.25, -0.2) is 13.2 Å². The summed E-state index contributed by atoms with van der Waals surface area (Å²) in [5, 5.41) is 3.81. The maximum atomic E-state index is 13.6. The molecule has 0 unspecified atom stereocenters. The van der Waals surface area contributed by atoms with Crippen LogP contribution >= 0.6 is 0 Å². The predicted molar refractivity (Wildman–Crippen MR) is 110 cm³/mol. The number of nitrogens with zero attached hydrogens (tertiary/aromatic N) is 4. The first-order chi connectivity index (χ1) is 16.0. The summed E-state index contributed by atoms with van der Waals surface area (Å²) in [5.41, 5.74) is 0.0949. The third kappa shape index (κ3) is 4.54. The second-order valence-corrected chi connectivity index (χ2v) is 9.58. The van der Waals surface area contributed by atoms with Crippen molar-refractivity contribution >= 4 is 5.91 Å². The zero-order valence-electron chi connectivity index (χ0n) is 18.3. The van der Waals surface area contributed by atoms with Gasteiger partial charge in [0.2, 0.25) is 5.91 Å². The molecule has 0 spiro atoms. The SMILES string of the molecule is O=C(CC1CC(N2CC(F)(F)C2)C1)N1CCc2c(C(F)(F)F)nn(Cc3ccc(F)cc3)c2C1. The number of aromatic nitrogens is 2. The van der Waals surface area contributed by atoms with Gasteiger partial charge in [-0.15, -0.1) is 0 Å². The Hall–Kier alpha value is -2.56. The first kappa shape index (κ1) is 23.2. The number of likely N-dealkylation sites (tertiary alicyclic amines) is 1. The maximum absolute atomic E-state index is 13.6. The highest BCUT2D eigenvalue weighted by Crippen LogP contribution is 2.41. The van der Waals surface area contributed by atoms with Crippen LogP contribution in [0.5, 0.6) is 0 Å². The molecule has 1 amide bonds. The summed E-state index contributed by atoms with van der Waals surface area (Å²) in [6, 6.07) is 5.53. The third-order valence-electron chi connectivity index (χ3n) is 7.06. The van der Waals surface area contributed by atoms with Crippen molar-refractivity contribution in [3.05, 3.63) is 52.6 Å². The number of halogens is 6. The van der Waals surface area contributed by atoms with Crippen LogP contribution in [0.1, 0.15) is 41.8 Å². The van der Waals surface area contributed by atoms with E-state index in [9.17, 15) is 31.1 Å². The van der Waals surface area contributed by atoms with Gasteiger partial charge in [-0.2, -0.15) is 18.3 Å². The van der Waals surface area contributed by atoms with Gasteiger partial charge >= 0.3 is 6.18 Å². The third-order valence-corrected chi connectivity index (χ3v) is 7.06. The lowest BCUT2D eigenvalue weighted by Gasteiger charge is -2.50. The number of hydrogen-bond donors (Lipinski definition) is 0. The first-order valence-electron chi connectivity index (χ1n) is 11.3. The molecule has 34 heavy (non-hydrogen) atoms. The van der Waals surface area contributed by atoms with Gasteiger partial charge in [0, 0.05) is 24.6 Å². The number of benzene rings is 1. The number of alkyl halides is 5. The van der Waals surface area contributed by atoms with Crippen molar-refractivity contribution in [1.29, 1.82) is 0 Å². The Labute approximate surface area is 192 Å². The Kier molecular flexibility index (Phi) is 5.65. The van der Waals surface area contributed by atoms with Gasteiger partial charge < -0.3 is 4.90 Å². The number of carbonyl (C=O) groups excluding carboxylic acids is 1. The Bertz CT molecular complexity index is 1070. The van der Waals surface area contributed by atoms with E-state index in [-0.39, 0.29) is 69.0 Å². The van der Waals surface area contributed by atoms with Gasteiger partial charge in [-0.1, -0.05) is 12.1 Å². The fourth-order valence-electron chi connectivity index (χ4n) is 5.16. The topological polar surface area (TPSA) is 41.4 Å². The average molecular weight is 486 g/mol. The molecule has 0 radical (unpaired) electrons. The van der Waals surface area contributed by atoms with Crippen LogP contribution in [0.2, 0.25) is 0 Å².